The van der Waals surface area contributed by atoms with Crippen molar-refractivity contribution in [1.82, 2.24) is 5.32 Å². The second-order valence-corrected chi connectivity index (χ2v) is 7.54. The van der Waals surface area contributed by atoms with E-state index in [4.69, 9.17) is 0 Å². The number of carbonyl (C=O) groups excluding carboxylic acids is 1. The highest BCUT2D eigenvalue weighted by molar-refractivity contribution is 9.09. The van der Waals surface area contributed by atoms with E-state index in [9.17, 15) is 4.79 Å². The molecule has 0 aliphatic heterocycles. The van der Waals surface area contributed by atoms with Crippen molar-refractivity contribution in [1.29, 1.82) is 0 Å². The molecule has 21 heavy (non-hydrogen) atoms. The maximum absolute atomic E-state index is 12.7. The first-order valence-corrected chi connectivity index (χ1v) is 9.19. The highest BCUT2D eigenvalue weighted by Crippen LogP contribution is 2.35. The van der Waals surface area contributed by atoms with E-state index in [1.165, 1.54) is 24.0 Å². The van der Waals surface area contributed by atoms with Crippen LogP contribution < -0.4 is 5.32 Å². The number of nitrogens with one attached hydrogen (secondary N) is 1. The van der Waals surface area contributed by atoms with Crippen LogP contribution in [-0.2, 0) is 17.6 Å². The van der Waals surface area contributed by atoms with Crippen molar-refractivity contribution in [2.75, 3.05) is 5.33 Å². The Labute approximate surface area is 135 Å². The number of carbonyl (C=O) groups is 1. The minimum atomic E-state index is -0.0243. The Morgan fingerprint density at radius 2 is 2.00 bits per heavy atom. The van der Waals surface area contributed by atoms with Gasteiger partial charge in [0.25, 0.3) is 0 Å². The van der Waals surface area contributed by atoms with Crippen molar-refractivity contribution in [2.45, 2.75) is 51.0 Å². The maximum atomic E-state index is 12.7. The van der Waals surface area contributed by atoms with Crippen molar-refractivity contribution in [3.63, 3.8) is 0 Å². The first kappa shape index (κ1) is 15.1. The number of hydrogen-bond acceptors (Lipinski definition) is 1. The van der Waals surface area contributed by atoms with Crippen LogP contribution in [0.15, 0.2) is 24.3 Å². The molecule has 114 valence electrons. The third-order valence-corrected chi connectivity index (χ3v) is 6.23. The molecule has 2 unspecified atom stereocenters. The average molecular weight is 350 g/mol. The third-order valence-electron chi connectivity index (χ3n) is 5.16. The molecule has 0 spiro atoms. The standard InChI is InChI=1S/C18H24BrNO/c1-13-5-4-8-18(11-13,12-19)20-17(21)16-9-14-6-2-3-7-15(14)10-16/h2-3,6-7,13,16H,4-5,8-12H2,1H3,(H,20,21). The van der Waals surface area contributed by atoms with Gasteiger partial charge in [-0.15, -0.1) is 0 Å². The number of fused-ring (bicyclic) bond motifs is 1. The van der Waals surface area contributed by atoms with E-state index in [1.807, 2.05) is 0 Å². The monoisotopic (exact) mass is 349 g/mol. The van der Waals surface area contributed by atoms with Crippen molar-refractivity contribution in [2.24, 2.45) is 11.8 Å². The molecule has 0 bridgehead atoms. The van der Waals surface area contributed by atoms with Crippen LogP contribution in [-0.4, -0.2) is 16.8 Å². The number of benzene rings is 1. The summed E-state index contributed by atoms with van der Waals surface area (Å²) in [6.45, 7) is 2.30. The van der Waals surface area contributed by atoms with Crippen molar-refractivity contribution < 1.29 is 4.79 Å². The summed E-state index contributed by atoms with van der Waals surface area (Å²) in [6.07, 6.45) is 6.51. The Morgan fingerprint density at radius 3 is 2.57 bits per heavy atom. The van der Waals surface area contributed by atoms with E-state index in [2.05, 4.69) is 52.4 Å². The van der Waals surface area contributed by atoms with Crippen LogP contribution in [0.2, 0.25) is 0 Å². The Kier molecular flexibility index (Phi) is 4.39. The zero-order valence-corrected chi connectivity index (χ0v) is 14.3. The normalized spacial score (nSPS) is 29.1. The smallest absolute Gasteiger partial charge is 0.224 e. The second kappa shape index (κ2) is 6.12. The summed E-state index contributed by atoms with van der Waals surface area (Å²) in [6, 6.07) is 8.46. The number of rotatable bonds is 3. The molecule has 1 amide bonds. The van der Waals surface area contributed by atoms with E-state index in [-0.39, 0.29) is 17.4 Å². The van der Waals surface area contributed by atoms with Gasteiger partial charge in [-0.2, -0.15) is 0 Å². The first-order chi connectivity index (χ1) is 10.1. The van der Waals surface area contributed by atoms with Crippen LogP contribution in [0.25, 0.3) is 0 Å². The lowest BCUT2D eigenvalue weighted by Crippen LogP contribution is -2.54. The Hall–Kier alpha value is -0.830. The molecule has 2 aliphatic rings. The molecule has 2 aliphatic carbocycles. The van der Waals surface area contributed by atoms with E-state index >= 15 is 0 Å². The minimum Gasteiger partial charge on any atom is -0.350 e. The predicted molar refractivity (Wildman–Crippen MR) is 89.6 cm³/mol. The Balaban J connectivity index is 1.67. The largest absolute Gasteiger partial charge is 0.350 e. The molecule has 2 atom stereocenters. The predicted octanol–water partition coefficient (Wildman–Crippen LogP) is 3.86. The zero-order valence-electron chi connectivity index (χ0n) is 12.7. The van der Waals surface area contributed by atoms with Crippen molar-refractivity contribution in [3.8, 4) is 0 Å². The van der Waals surface area contributed by atoms with Crippen LogP contribution >= 0.6 is 15.9 Å². The summed E-state index contributed by atoms with van der Waals surface area (Å²) in [7, 11) is 0. The van der Waals surface area contributed by atoms with E-state index in [1.54, 1.807) is 0 Å². The van der Waals surface area contributed by atoms with Crippen LogP contribution in [0.1, 0.15) is 43.7 Å². The highest BCUT2D eigenvalue weighted by atomic mass is 79.9. The van der Waals surface area contributed by atoms with Gasteiger partial charge in [0.2, 0.25) is 5.91 Å². The van der Waals surface area contributed by atoms with Crippen LogP contribution in [0.4, 0.5) is 0 Å². The molecule has 1 fully saturated rings. The number of hydrogen-bond donors (Lipinski definition) is 1. The molecule has 3 rings (SSSR count). The van der Waals surface area contributed by atoms with Crippen LogP contribution in [0.5, 0.6) is 0 Å². The maximum Gasteiger partial charge on any atom is 0.224 e. The fourth-order valence-electron chi connectivity index (χ4n) is 4.04. The SMILES string of the molecule is CC1CCCC(CBr)(NC(=O)C2Cc3ccccc3C2)C1. The Morgan fingerprint density at radius 1 is 1.33 bits per heavy atom. The summed E-state index contributed by atoms with van der Waals surface area (Å²) in [5.41, 5.74) is 2.67. The minimum absolute atomic E-state index is 0.0243. The van der Waals surface area contributed by atoms with Crippen molar-refractivity contribution >= 4 is 21.8 Å². The Bertz CT molecular complexity index is 505. The number of alkyl halides is 1. The summed E-state index contributed by atoms with van der Waals surface area (Å²) < 4.78 is 0. The van der Waals surface area contributed by atoms with Gasteiger partial charge in [-0.05, 0) is 42.7 Å². The molecule has 1 aromatic rings. The molecule has 0 radical (unpaired) electrons. The van der Waals surface area contributed by atoms with E-state index < -0.39 is 0 Å². The molecule has 1 aromatic carbocycles. The molecule has 1 N–H and O–H groups in total. The first-order valence-electron chi connectivity index (χ1n) is 8.07. The van der Waals surface area contributed by atoms with Crippen LogP contribution in [0, 0.1) is 11.8 Å². The summed E-state index contributed by atoms with van der Waals surface area (Å²) in [5, 5.41) is 4.27. The van der Waals surface area contributed by atoms with Gasteiger partial charge in [0.1, 0.15) is 0 Å². The lowest BCUT2D eigenvalue weighted by molar-refractivity contribution is -0.127. The van der Waals surface area contributed by atoms with Gasteiger partial charge in [0.15, 0.2) is 0 Å². The number of halogens is 1. The highest BCUT2D eigenvalue weighted by Gasteiger charge is 2.38. The topological polar surface area (TPSA) is 29.1 Å². The quantitative estimate of drug-likeness (QED) is 0.824. The number of amides is 1. The molecule has 2 nitrogen and oxygen atoms in total. The van der Waals surface area contributed by atoms with Gasteiger partial charge in [-0.1, -0.05) is 60.0 Å². The lowest BCUT2D eigenvalue weighted by atomic mass is 9.77. The molecule has 1 saturated carbocycles. The van der Waals surface area contributed by atoms with Gasteiger partial charge >= 0.3 is 0 Å². The van der Waals surface area contributed by atoms with E-state index in [0.717, 1.165) is 31.0 Å². The molecular formula is C18H24BrNO. The zero-order chi connectivity index (χ0) is 14.9. The fourth-order valence-corrected chi connectivity index (χ4v) is 4.69. The van der Waals surface area contributed by atoms with Gasteiger partial charge in [0, 0.05) is 16.8 Å². The van der Waals surface area contributed by atoms with Gasteiger partial charge in [-0.3, -0.25) is 4.79 Å². The molecular weight excluding hydrogens is 326 g/mol. The summed E-state index contributed by atoms with van der Waals surface area (Å²) >= 11 is 3.65. The summed E-state index contributed by atoms with van der Waals surface area (Å²) in [5.74, 6) is 1.08. The second-order valence-electron chi connectivity index (χ2n) is 6.98. The fraction of sp³-hybridized carbons (Fsp3) is 0.611. The van der Waals surface area contributed by atoms with Crippen molar-refractivity contribution in [3.05, 3.63) is 35.4 Å². The van der Waals surface area contributed by atoms with Crippen LogP contribution in [0.3, 0.4) is 0 Å². The average Bonchev–Trinajstić information content (AvgIpc) is 2.91. The lowest BCUT2D eigenvalue weighted by Gasteiger charge is -2.40. The molecule has 3 heteroatoms. The molecule has 0 aromatic heterocycles. The van der Waals surface area contributed by atoms with Gasteiger partial charge in [0.05, 0.1) is 0 Å². The third kappa shape index (κ3) is 3.18. The van der Waals surface area contributed by atoms with Gasteiger partial charge in [-0.25, -0.2) is 0 Å². The summed E-state index contributed by atoms with van der Waals surface area (Å²) in [4.78, 5) is 12.7. The van der Waals surface area contributed by atoms with Gasteiger partial charge < -0.3 is 5.32 Å². The van der Waals surface area contributed by atoms with E-state index in [0.29, 0.717) is 5.92 Å². The molecule has 0 saturated heterocycles. The molecule has 0 heterocycles.